The van der Waals surface area contributed by atoms with Crippen LogP contribution in [0.2, 0.25) is 0 Å². The first-order valence-electron chi connectivity index (χ1n) is 5.66. The number of halogens is 1. The summed E-state index contributed by atoms with van der Waals surface area (Å²) in [6.07, 6.45) is 1.84. The van der Waals surface area contributed by atoms with Gasteiger partial charge in [0.25, 0.3) is 0 Å². The summed E-state index contributed by atoms with van der Waals surface area (Å²) in [5.74, 6) is 2.17. The van der Waals surface area contributed by atoms with Gasteiger partial charge in [-0.3, -0.25) is 0 Å². The highest BCUT2D eigenvalue weighted by atomic mass is 127. The van der Waals surface area contributed by atoms with Gasteiger partial charge in [-0.25, -0.2) is 9.97 Å². The Kier molecular flexibility index (Phi) is 4.35. The van der Waals surface area contributed by atoms with Crippen molar-refractivity contribution in [3.8, 4) is 5.75 Å². The van der Waals surface area contributed by atoms with Crippen LogP contribution in [0, 0.1) is 3.70 Å². The first-order chi connectivity index (χ1) is 8.65. The molecule has 0 aromatic carbocycles. The predicted molar refractivity (Wildman–Crippen MR) is 80.2 cm³/mol. The molecule has 0 saturated heterocycles. The van der Waals surface area contributed by atoms with Crippen LogP contribution < -0.4 is 10.1 Å². The second-order valence-corrected chi connectivity index (χ2v) is 5.09. The topological polar surface area (TPSA) is 47.0 Å². The van der Waals surface area contributed by atoms with Crippen molar-refractivity contribution in [2.24, 2.45) is 0 Å². The number of hydrogen-bond acceptors (Lipinski definition) is 4. The average Bonchev–Trinajstić information content (AvgIpc) is 2.33. The Morgan fingerprint density at radius 2 is 2.06 bits per heavy atom. The lowest BCUT2D eigenvalue weighted by Gasteiger charge is -2.14. The van der Waals surface area contributed by atoms with E-state index in [0.29, 0.717) is 5.82 Å². The Balaban J connectivity index is 2.27. The van der Waals surface area contributed by atoms with Gasteiger partial charge in [-0.05, 0) is 60.7 Å². The summed E-state index contributed by atoms with van der Waals surface area (Å²) in [6, 6.07) is 9.52. The van der Waals surface area contributed by atoms with E-state index in [0.717, 1.165) is 15.3 Å². The van der Waals surface area contributed by atoms with Crippen LogP contribution in [0.4, 0.5) is 11.6 Å². The lowest BCUT2D eigenvalue weighted by molar-refractivity contribution is 0.243. The molecule has 2 aromatic rings. The highest BCUT2D eigenvalue weighted by Gasteiger charge is 2.08. The van der Waals surface area contributed by atoms with Gasteiger partial charge in [0.2, 0.25) is 0 Å². The Hall–Kier alpha value is -1.37. The summed E-state index contributed by atoms with van der Waals surface area (Å²) in [6.45, 7) is 3.98. The minimum Gasteiger partial charge on any atom is -0.487 e. The van der Waals surface area contributed by atoms with E-state index in [4.69, 9.17) is 4.74 Å². The third-order valence-electron chi connectivity index (χ3n) is 2.10. The molecule has 94 valence electrons. The molecule has 5 heteroatoms. The molecule has 2 rings (SSSR count). The quantitative estimate of drug-likeness (QED) is 0.672. The van der Waals surface area contributed by atoms with Gasteiger partial charge >= 0.3 is 0 Å². The zero-order valence-electron chi connectivity index (χ0n) is 10.2. The Labute approximate surface area is 120 Å². The predicted octanol–water partition coefficient (Wildman–Crippen LogP) is 3.61. The summed E-state index contributed by atoms with van der Waals surface area (Å²) in [5.41, 5.74) is 0. The second-order valence-electron chi connectivity index (χ2n) is 3.99. The molecule has 18 heavy (non-hydrogen) atoms. The maximum absolute atomic E-state index is 5.72. The molecule has 0 saturated carbocycles. The van der Waals surface area contributed by atoms with E-state index in [9.17, 15) is 0 Å². The average molecular weight is 355 g/mol. The van der Waals surface area contributed by atoms with Gasteiger partial charge in [0, 0.05) is 6.20 Å². The van der Waals surface area contributed by atoms with Crippen molar-refractivity contribution >= 4 is 34.2 Å². The van der Waals surface area contributed by atoms with Crippen molar-refractivity contribution < 1.29 is 4.74 Å². The SMILES string of the molecule is CC(C)Oc1ccc(I)nc1Nc1ccccn1. The number of nitrogens with one attached hydrogen (secondary N) is 1. The van der Waals surface area contributed by atoms with E-state index in [1.54, 1.807) is 6.20 Å². The molecule has 2 heterocycles. The molecule has 0 unspecified atom stereocenters. The normalized spacial score (nSPS) is 10.4. The number of nitrogens with zero attached hydrogens (tertiary/aromatic N) is 2. The van der Waals surface area contributed by atoms with E-state index in [1.165, 1.54) is 0 Å². The highest BCUT2D eigenvalue weighted by Crippen LogP contribution is 2.26. The van der Waals surface area contributed by atoms with Crippen LogP contribution in [-0.2, 0) is 0 Å². The van der Waals surface area contributed by atoms with Gasteiger partial charge in [-0.15, -0.1) is 0 Å². The molecular formula is C13H14IN3O. The molecule has 0 atom stereocenters. The van der Waals surface area contributed by atoms with Gasteiger partial charge < -0.3 is 10.1 Å². The molecular weight excluding hydrogens is 341 g/mol. The summed E-state index contributed by atoms with van der Waals surface area (Å²) in [7, 11) is 0. The Morgan fingerprint density at radius 3 is 2.72 bits per heavy atom. The summed E-state index contributed by atoms with van der Waals surface area (Å²) >= 11 is 2.17. The van der Waals surface area contributed by atoms with Crippen molar-refractivity contribution in [3.05, 3.63) is 40.2 Å². The second kappa shape index (κ2) is 5.99. The van der Waals surface area contributed by atoms with Crippen molar-refractivity contribution in [1.29, 1.82) is 0 Å². The van der Waals surface area contributed by atoms with E-state index in [-0.39, 0.29) is 6.10 Å². The molecule has 0 radical (unpaired) electrons. The molecule has 0 bridgehead atoms. The van der Waals surface area contributed by atoms with Gasteiger partial charge in [-0.2, -0.15) is 0 Å². The number of anilines is 2. The minimum absolute atomic E-state index is 0.108. The largest absolute Gasteiger partial charge is 0.487 e. The van der Waals surface area contributed by atoms with Crippen LogP contribution in [0.1, 0.15) is 13.8 Å². The number of hydrogen-bond donors (Lipinski definition) is 1. The zero-order chi connectivity index (χ0) is 13.0. The van der Waals surface area contributed by atoms with E-state index < -0.39 is 0 Å². The Morgan fingerprint density at radius 1 is 1.22 bits per heavy atom. The van der Waals surface area contributed by atoms with Gasteiger partial charge in [0.1, 0.15) is 9.52 Å². The van der Waals surface area contributed by atoms with Crippen molar-refractivity contribution in [2.45, 2.75) is 20.0 Å². The van der Waals surface area contributed by atoms with Crippen LogP contribution >= 0.6 is 22.6 Å². The fourth-order valence-corrected chi connectivity index (χ4v) is 1.84. The van der Waals surface area contributed by atoms with E-state index in [2.05, 4.69) is 37.9 Å². The van der Waals surface area contributed by atoms with Crippen LogP contribution in [0.3, 0.4) is 0 Å². The monoisotopic (exact) mass is 355 g/mol. The standard InChI is InChI=1S/C13H14IN3O/c1-9(2)18-10-6-7-11(14)16-13(10)17-12-5-3-4-8-15-12/h3-9H,1-2H3,(H,15,16,17). The van der Waals surface area contributed by atoms with Crippen LogP contribution in [0.15, 0.2) is 36.5 Å². The molecule has 4 nitrogen and oxygen atoms in total. The molecule has 1 N–H and O–H groups in total. The van der Waals surface area contributed by atoms with Crippen molar-refractivity contribution in [2.75, 3.05) is 5.32 Å². The summed E-state index contributed by atoms with van der Waals surface area (Å²) < 4.78 is 6.62. The molecule has 2 aromatic heterocycles. The Bertz CT molecular complexity index is 517. The summed E-state index contributed by atoms with van der Waals surface area (Å²) in [4.78, 5) is 8.65. The van der Waals surface area contributed by atoms with Crippen molar-refractivity contribution in [1.82, 2.24) is 9.97 Å². The summed E-state index contributed by atoms with van der Waals surface area (Å²) in [5, 5.41) is 3.17. The molecule has 0 aliphatic rings. The van der Waals surface area contributed by atoms with E-state index in [1.807, 2.05) is 44.2 Å². The third kappa shape index (κ3) is 3.56. The number of rotatable bonds is 4. The molecule has 0 aliphatic heterocycles. The van der Waals surface area contributed by atoms with Gasteiger partial charge in [-0.1, -0.05) is 6.07 Å². The maximum Gasteiger partial charge on any atom is 0.175 e. The molecule has 0 spiro atoms. The fourth-order valence-electron chi connectivity index (χ4n) is 1.42. The lowest BCUT2D eigenvalue weighted by Crippen LogP contribution is -2.09. The third-order valence-corrected chi connectivity index (χ3v) is 2.70. The van der Waals surface area contributed by atoms with Crippen LogP contribution in [0.5, 0.6) is 5.75 Å². The maximum atomic E-state index is 5.72. The number of ether oxygens (including phenoxy) is 1. The lowest BCUT2D eigenvalue weighted by atomic mass is 10.4. The molecule has 0 fully saturated rings. The van der Waals surface area contributed by atoms with Crippen LogP contribution in [0.25, 0.3) is 0 Å². The minimum atomic E-state index is 0.108. The first-order valence-corrected chi connectivity index (χ1v) is 6.74. The van der Waals surface area contributed by atoms with Gasteiger partial charge in [0.15, 0.2) is 11.6 Å². The molecule has 0 aliphatic carbocycles. The highest BCUT2D eigenvalue weighted by molar-refractivity contribution is 14.1. The van der Waals surface area contributed by atoms with E-state index >= 15 is 0 Å². The van der Waals surface area contributed by atoms with Crippen molar-refractivity contribution in [3.63, 3.8) is 0 Å². The smallest absolute Gasteiger partial charge is 0.175 e. The fraction of sp³-hybridized carbons (Fsp3) is 0.231. The zero-order valence-corrected chi connectivity index (χ0v) is 12.4. The number of pyridine rings is 2. The van der Waals surface area contributed by atoms with Gasteiger partial charge in [0.05, 0.1) is 6.10 Å². The first kappa shape index (κ1) is 13.1. The van der Waals surface area contributed by atoms with Crippen LogP contribution in [-0.4, -0.2) is 16.1 Å². The molecule has 0 amide bonds. The number of aromatic nitrogens is 2.